The molecule has 22 heavy (non-hydrogen) atoms. The summed E-state index contributed by atoms with van der Waals surface area (Å²) in [4.78, 5) is 27.6. The van der Waals surface area contributed by atoms with Crippen LogP contribution in [0.2, 0.25) is 0 Å². The number of hydrogen-bond donors (Lipinski definition) is 3. The van der Waals surface area contributed by atoms with E-state index in [0.717, 1.165) is 10.6 Å². The normalized spacial score (nSPS) is 10.3. The van der Waals surface area contributed by atoms with Gasteiger partial charge in [0, 0.05) is 30.1 Å². The maximum absolute atomic E-state index is 12.2. The van der Waals surface area contributed by atoms with Gasteiger partial charge in [-0.25, -0.2) is 4.98 Å². The number of aromatic nitrogens is 1. The summed E-state index contributed by atoms with van der Waals surface area (Å²) in [5, 5.41) is 8.07. The highest BCUT2D eigenvalue weighted by molar-refractivity contribution is 7.09. The van der Waals surface area contributed by atoms with Crippen molar-refractivity contribution in [1.29, 1.82) is 0 Å². The highest BCUT2D eigenvalue weighted by Crippen LogP contribution is 2.21. The van der Waals surface area contributed by atoms with Crippen molar-refractivity contribution in [1.82, 2.24) is 4.98 Å². The SMILES string of the molecule is CC(=O)Nc1ccc(C)c(NC(=O)c2csc(CCN)n2)c1. The van der Waals surface area contributed by atoms with Crippen molar-refractivity contribution in [3.63, 3.8) is 0 Å². The van der Waals surface area contributed by atoms with Crippen LogP contribution >= 0.6 is 11.3 Å². The minimum Gasteiger partial charge on any atom is -0.330 e. The maximum atomic E-state index is 12.2. The topological polar surface area (TPSA) is 97.1 Å². The van der Waals surface area contributed by atoms with Gasteiger partial charge in [-0.05, 0) is 31.2 Å². The average Bonchev–Trinajstić information content (AvgIpc) is 2.91. The van der Waals surface area contributed by atoms with Gasteiger partial charge in [0.1, 0.15) is 5.69 Å². The minimum atomic E-state index is -0.275. The Morgan fingerprint density at radius 2 is 2.09 bits per heavy atom. The van der Waals surface area contributed by atoms with E-state index < -0.39 is 0 Å². The van der Waals surface area contributed by atoms with E-state index in [-0.39, 0.29) is 11.8 Å². The number of anilines is 2. The van der Waals surface area contributed by atoms with Crippen LogP contribution in [0.25, 0.3) is 0 Å². The first kappa shape index (κ1) is 16.1. The van der Waals surface area contributed by atoms with Gasteiger partial charge in [-0.1, -0.05) is 6.07 Å². The van der Waals surface area contributed by atoms with Crippen LogP contribution in [-0.2, 0) is 11.2 Å². The van der Waals surface area contributed by atoms with E-state index in [4.69, 9.17) is 5.73 Å². The van der Waals surface area contributed by atoms with Gasteiger partial charge in [0.2, 0.25) is 5.91 Å². The van der Waals surface area contributed by atoms with Crippen molar-refractivity contribution in [2.24, 2.45) is 5.73 Å². The standard InChI is InChI=1S/C15H18N4O2S/c1-9-3-4-11(17-10(2)20)7-12(9)19-15(21)13-8-22-14(18-13)5-6-16/h3-4,7-8H,5-6,16H2,1-2H3,(H,17,20)(H,19,21). The number of benzene rings is 1. The fraction of sp³-hybridized carbons (Fsp3) is 0.267. The Bertz CT molecular complexity index is 697. The van der Waals surface area contributed by atoms with Crippen molar-refractivity contribution < 1.29 is 9.59 Å². The van der Waals surface area contributed by atoms with E-state index in [9.17, 15) is 9.59 Å². The van der Waals surface area contributed by atoms with Crippen LogP contribution in [0.4, 0.5) is 11.4 Å². The highest BCUT2D eigenvalue weighted by atomic mass is 32.1. The molecule has 2 amide bonds. The fourth-order valence-electron chi connectivity index (χ4n) is 1.88. The highest BCUT2D eigenvalue weighted by Gasteiger charge is 2.12. The lowest BCUT2D eigenvalue weighted by Gasteiger charge is -2.10. The molecule has 0 spiro atoms. The summed E-state index contributed by atoms with van der Waals surface area (Å²) in [7, 11) is 0. The Morgan fingerprint density at radius 3 is 2.77 bits per heavy atom. The third-order valence-electron chi connectivity index (χ3n) is 2.95. The molecular formula is C15H18N4O2S. The number of aryl methyl sites for hydroxylation is 1. The van der Waals surface area contributed by atoms with Gasteiger partial charge in [-0.3, -0.25) is 9.59 Å². The number of amides is 2. The van der Waals surface area contributed by atoms with E-state index in [1.807, 2.05) is 13.0 Å². The second-order valence-corrected chi connectivity index (χ2v) is 5.77. The molecule has 7 heteroatoms. The van der Waals surface area contributed by atoms with Crippen LogP contribution < -0.4 is 16.4 Å². The molecule has 0 aliphatic carbocycles. The summed E-state index contributed by atoms with van der Waals surface area (Å²) in [5.74, 6) is -0.436. The first-order valence-electron chi connectivity index (χ1n) is 6.83. The summed E-state index contributed by atoms with van der Waals surface area (Å²) in [6, 6.07) is 5.35. The number of thiazole rings is 1. The molecule has 0 atom stereocenters. The minimum absolute atomic E-state index is 0.160. The van der Waals surface area contributed by atoms with E-state index in [1.165, 1.54) is 18.3 Å². The third kappa shape index (κ3) is 4.12. The van der Waals surface area contributed by atoms with Gasteiger partial charge in [0.05, 0.1) is 5.01 Å². The zero-order valence-electron chi connectivity index (χ0n) is 12.5. The molecular weight excluding hydrogens is 300 g/mol. The summed E-state index contributed by atoms with van der Waals surface area (Å²) in [6.07, 6.45) is 0.662. The van der Waals surface area contributed by atoms with E-state index in [2.05, 4.69) is 15.6 Å². The summed E-state index contributed by atoms with van der Waals surface area (Å²) in [5.41, 5.74) is 8.03. The molecule has 0 unspecified atom stereocenters. The lowest BCUT2D eigenvalue weighted by Crippen LogP contribution is -2.14. The number of nitrogens with two attached hydrogens (primary N) is 1. The Balaban J connectivity index is 2.14. The third-order valence-corrected chi connectivity index (χ3v) is 3.86. The van der Waals surface area contributed by atoms with Crippen LogP contribution in [0, 0.1) is 6.92 Å². The van der Waals surface area contributed by atoms with Gasteiger partial charge >= 0.3 is 0 Å². The van der Waals surface area contributed by atoms with Crippen LogP contribution in [0.15, 0.2) is 23.6 Å². The quantitative estimate of drug-likeness (QED) is 0.787. The molecule has 1 aromatic heterocycles. The molecule has 0 aliphatic rings. The van der Waals surface area contributed by atoms with E-state index >= 15 is 0 Å². The van der Waals surface area contributed by atoms with E-state index in [0.29, 0.717) is 30.0 Å². The molecule has 2 aromatic rings. The first-order chi connectivity index (χ1) is 10.5. The second kappa shape index (κ2) is 7.15. The van der Waals surface area contributed by atoms with Crippen LogP contribution in [0.1, 0.15) is 28.0 Å². The van der Waals surface area contributed by atoms with Crippen molar-refractivity contribution in [2.75, 3.05) is 17.2 Å². The monoisotopic (exact) mass is 318 g/mol. The maximum Gasteiger partial charge on any atom is 0.275 e. The van der Waals surface area contributed by atoms with Crippen molar-refractivity contribution >= 4 is 34.5 Å². The lowest BCUT2D eigenvalue weighted by atomic mass is 10.1. The van der Waals surface area contributed by atoms with Gasteiger partial charge in [0.15, 0.2) is 0 Å². The number of carbonyl (C=O) groups is 2. The molecule has 116 valence electrons. The molecule has 1 aromatic carbocycles. The van der Waals surface area contributed by atoms with Crippen LogP contribution in [0.5, 0.6) is 0 Å². The number of rotatable bonds is 5. The molecule has 0 saturated heterocycles. The van der Waals surface area contributed by atoms with Crippen LogP contribution in [-0.4, -0.2) is 23.3 Å². The van der Waals surface area contributed by atoms with E-state index in [1.54, 1.807) is 17.5 Å². The smallest absolute Gasteiger partial charge is 0.275 e. The van der Waals surface area contributed by atoms with Crippen molar-refractivity contribution in [3.8, 4) is 0 Å². The second-order valence-electron chi connectivity index (χ2n) is 4.83. The Hall–Kier alpha value is -2.25. The molecule has 0 fully saturated rings. The fourth-order valence-corrected chi connectivity index (χ4v) is 2.67. The molecule has 2 rings (SSSR count). The summed E-state index contributed by atoms with van der Waals surface area (Å²) in [6.45, 7) is 3.83. The van der Waals surface area contributed by atoms with Crippen LogP contribution in [0.3, 0.4) is 0 Å². The average molecular weight is 318 g/mol. The predicted octanol–water partition coefficient (Wildman–Crippen LogP) is 2.16. The molecule has 0 aliphatic heterocycles. The van der Waals surface area contributed by atoms with Crippen molar-refractivity contribution in [3.05, 3.63) is 39.8 Å². The Kier molecular flexibility index (Phi) is 5.24. The zero-order chi connectivity index (χ0) is 16.1. The number of nitrogens with one attached hydrogen (secondary N) is 2. The predicted molar refractivity (Wildman–Crippen MR) is 88.3 cm³/mol. The summed E-state index contributed by atoms with van der Waals surface area (Å²) >= 11 is 1.42. The molecule has 4 N–H and O–H groups in total. The largest absolute Gasteiger partial charge is 0.330 e. The van der Waals surface area contributed by atoms with Crippen molar-refractivity contribution in [2.45, 2.75) is 20.3 Å². The lowest BCUT2D eigenvalue weighted by molar-refractivity contribution is -0.114. The number of hydrogen-bond acceptors (Lipinski definition) is 5. The first-order valence-corrected chi connectivity index (χ1v) is 7.71. The van der Waals surface area contributed by atoms with Gasteiger partial charge < -0.3 is 16.4 Å². The molecule has 0 radical (unpaired) electrons. The van der Waals surface area contributed by atoms with Gasteiger partial charge in [-0.15, -0.1) is 11.3 Å². The number of nitrogens with zero attached hydrogens (tertiary/aromatic N) is 1. The van der Waals surface area contributed by atoms with Gasteiger partial charge in [0.25, 0.3) is 5.91 Å². The molecule has 0 saturated carbocycles. The van der Waals surface area contributed by atoms with Gasteiger partial charge in [-0.2, -0.15) is 0 Å². The zero-order valence-corrected chi connectivity index (χ0v) is 13.3. The number of carbonyl (C=O) groups excluding carboxylic acids is 2. The summed E-state index contributed by atoms with van der Waals surface area (Å²) < 4.78 is 0. The molecule has 0 bridgehead atoms. The Morgan fingerprint density at radius 1 is 1.32 bits per heavy atom. The molecule has 1 heterocycles. The Labute approximate surface area is 132 Å². The molecule has 6 nitrogen and oxygen atoms in total.